The molecule has 6 nitrogen and oxygen atoms in total. The molecule has 0 spiro atoms. The Morgan fingerprint density at radius 1 is 1.19 bits per heavy atom. The van der Waals surface area contributed by atoms with E-state index in [0.29, 0.717) is 11.4 Å². The van der Waals surface area contributed by atoms with Gasteiger partial charge in [-0.05, 0) is 36.4 Å². The molecule has 0 aromatic heterocycles. The number of hydrogen-bond acceptors (Lipinski definition) is 5. The van der Waals surface area contributed by atoms with Crippen molar-refractivity contribution in [1.29, 1.82) is 5.26 Å². The fourth-order valence-corrected chi connectivity index (χ4v) is 3.41. The second-order valence-electron chi connectivity index (χ2n) is 5.34. The molecule has 2 aromatic carbocycles. The van der Waals surface area contributed by atoms with Crippen LogP contribution < -0.4 is 10.2 Å². The summed E-state index contributed by atoms with van der Waals surface area (Å²) in [6.45, 7) is 0. The number of aliphatic imine (C=N–C) groups is 1. The van der Waals surface area contributed by atoms with E-state index in [-0.39, 0.29) is 17.5 Å². The van der Waals surface area contributed by atoms with Crippen LogP contribution in [0.1, 0.15) is 6.42 Å². The molecule has 2 amide bonds. The molecular formula is C18H13FN4O2S. The first-order chi connectivity index (χ1) is 12.6. The summed E-state index contributed by atoms with van der Waals surface area (Å²) in [6.07, 6.45) is 1.76. The van der Waals surface area contributed by atoms with Crippen LogP contribution in [0.5, 0.6) is 0 Å². The summed E-state index contributed by atoms with van der Waals surface area (Å²) in [4.78, 5) is 30.2. The van der Waals surface area contributed by atoms with Crippen LogP contribution >= 0.6 is 11.8 Å². The number of halogens is 1. The summed E-state index contributed by atoms with van der Waals surface area (Å²) in [5.41, 5.74) is 0.934. The number of para-hydroxylation sites is 1. The zero-order chi connectivity index (χ0) is 18.5. The van der Waals surface area contributed by atoms with E-state index < -0.39 is 17.0 Å². The van der Waals surface area contributed by atoms with Gasteiger partial charge >= 0.3 is 0 Å². The van der Waals surface area contributed by atoms with Gasteiger partial charge in [0.25, 0.3) is 0 Å². The summed E-state index contributed by atoms with van der Waals surface area (Å²) < 4.78 is 13.1. The Morgan fingerprint density at radius 2 is 1.88 bits per heavy atom. The number of hydrogen-bond donors (Lipinski definition) is 1. The lowest BCUT2D eigenvalue weighted by Crippen LogP contribution is -2.32. The number of carbonyl (C=O) groups excluding carboxylic acids is 2. The monoisotopic (exact) mass is 368 g/mol. The highest BCUT2D eigenvalue weighted by Crippen LogP contribution is 2.30. The Bertz CT molecular complexity index is 894. The summed E-state index contributed by atoms with van der Waals surface area (Å²) in [6, 6.07) is 14.1. The maximum Gasteiger partial charge on any atom is 0.247 e. The van der Waals surface area contributed by atoms with E-state index in [2.05, 4.69) is 10.3 Å². The molecule has 130 valence electrons. The SMILES string of the molecule is N#CNC(=Nc1ccccc1)S[C@H]1CC(=O)N(c2ccc(F)cc2)C1=O. The van der Waals surface area contributed by atoms with Gasteiger partial charge in [-0.25, -0.2) is 14.3 Å². The minimum absolute atomic E-state index is 0.0260. The second kappa shape index (κ2) is 7.80. The van der Waals surface area contributed by atoms with Gasteiger partial charge in [0.15, 0.2) is 11.4 Å². The summed E-state index contributed by atoms with van der Waals surface area (Å²) in [5, 5.41) is 10.9. The molecule has 1 atom stereocenters. The molecule has 1 saturated heterocycles. The Morgan fingerprint density at radius 3 is 2.54 bits per heavy atom. The highest BCUT2D eigenvalue weighted by Gasteiger charge is 2.40. The van der Waals surface area contributed by atoms with Crippen molar-refractivity contribution in [3.63, 3.8) is 0 Å². The molecule has 8 heteroatoms. The molecule has 0 saturated carbocycles. The highest BCUT2D eigenvalue weighted by atomic mass is 32.2. The largest absolute Gasteiger partial charge is 0.274 e. The second-order valence-corrected chi connectivity index (χ2v) is 6.54. The molecular weight excluding hydrogens is 355 g/mol. The molecule has 1 aliphatic rings. The molecule has 0 unspecified atom stereocenters. The van der Waals surface area contributed by atoms with E-state index in [9.17, 15) is 14.0 Å². The molecule has 1 fully saturated rings. The van der Waals surface area contributed by atoms with Crippen LogP contribution in [0.3, 0.4) is 0 Å². The normalized spacial score (nSPS) is 17.3. The first-order valence-electron chi connectivity index (χ1n) is 7.66. The van der Waals surface area contributed by atoms with E-state index in [1.165, 1.54) is 24.3 Å². The lowest BCUT2D eigenvalue weighted by Gasteiger charge is -2.15. The van der Waals surface area contributed by atoms with Crippen molar-refractivity contribution in [3.8, 4) is 6.19 Å². The number of amidine groups is 1. The van der Waals surface area contributed by atoms with Crippen molar-refractivity contribution in [2.75, 3.05) is 4.90 Å². The number of nitrogens with zero attached hydrogens (tertiary/aromatic N) is 3. The van der Waals surface area contributed by atoms with E-state index >= 15 is 0 Å². The lowest BCUT2D eigenvalue weighted by molar-refractivity contribution is -0.121. The summed E-state index contributed by atoms with van der Waals surface area (Å²) in [5.74, 6) is -1.25. The zero-order valence-corrected chi connectivity index (χ0v) is 14.2. The molecule has 1 heterocycles. The van der Waals surface area contributed by atoms with Crippen LogP contribution in [0.15, 0.2) is 59.6 Å². The summed E-state index contributed by atoms with van der Waals surface area (Å²) in [7, 11) is 0. The number of benzene rings is 2. The van der Waals surface area contributed by atoms with Crippen LogP contribution in [-0.2, 0) is 9.59 Å². The fraction of sp³-hybridized carbons (Fsp3) is 0.111. The van der Waals surface area contributed by atoms with Crippen LogP contribution in [0.4, 0.5) is 15.8 Å². The van der Waals surface area contributed by atoms with Gasteiger partial charge in [-0.1, -0.05) is 30.0 Å². The maximum atomic E-state index is 13.1. The molecule has 0 radical (unpaired) electrons. The number of nitriles is 1. The fourth-order valence-electron chi connectivity index (χ4n) is 2.44. The number of amides is 2. The van der Waals surface area contributed by atoms with Gasteiger partial charge in [0.1, 0.15) is 11.1 Å². The Kier molecular flexibility index (Phi) is 5.29. The first-order valence-corrected chi connectivity index (χ1v) is 8.54. The number of rotatable bonds is 3. The third-order valence-electron chi connectivity index (χ3n) is 3.59. The molecule has 1 aliphatic heterocycles. The lowest BCUT2D eigenvalue weighted by atomic mass is 10.3. The number of imide groups is 1. The third kappa shape index (κ3) is 3.90. The van der Waals surface area contributed by atoms with Gasteiger partial charge in [-0.3, -0.25) is 14.9 Å². The van der Waals surface area contributed by atoms with Gasteiger partial charge in [0, 0.05) is 6.42 Å². The molecule has 26 heavy (non-hydrogen) atoms. The Balaban J connectivity index is 1.80. The van der Waals surface area contributed by atoms with Gasteiger partial charge in [0.2, 0.25) is 11.8 Å². The van der Waals surface area contributed by atoms with E-state index in [4.69, 9.17) is 5.26 Å². The van der Waals surface area contributed by atoms with Crippen molar-refractivity contribution in [2.45, 2.75) is 11.7 Å². The number of carbonyl (C=O) groups is 2. The topological polar surface area (TPSA) is 85.6 Å². The van der Waals surface area contributed by atoms with E-state index in [1.807, 2.05) is 6.07 Å². The van der Waals surface area contributed by atoms with Crippen LogP contribution in [0, 0.1) is 17.3 Å². The highest BCUT2D eigenvalue weighted by molar-refractivity contribution is 8.15. The van der Waals surface area contributed by atoms with E-state index in [0.717, 1.165) is 16.7 Å². The van der Waals surface area contributed by atoms with Crippen LogP contribution in [0.2, 0.25) is 0 Å². The predicted octanol–water partition coefficient (Wildman–Crippen LogP) is 2.95. The van der Waals surface area contributed by atoms with Gasteiger partial charge in [-0.2, -0.15) is 5.26 Å². The van der Waals surface area contributed by atoms with Crippen molar-refractivity contribution >= 4 is 40.1 Å². The first kappa shape index (κ1) is 17.6. The quantitative estimate of drug-likeness (QED) is 0.296. The predicted molar refractivity (Wildman–Crippen MR) is 97.2 cm³/mol. The van der Waals surface area contributed by atoms with Gasteiger partial charge < -0.3 is 0 Å². The van der Waals surface area contributed by atoms with Crippen molar-refractivity contribution in [3.05, 3.63) is 60.4 Å². The molecule has 0 aliphatic carbocycles. The average Bonchev–Trinajstić information content (AvgIpc) is 2.91. The number of nitrogens with one attached hydrogen (secondary N) is 1. The number of thioether (sulfide) groups is 1. The van der Waals surface area contributed by atoms with Crippen molar-refractivity contribution in [2.24, 2.45) is 4.99 Å². The minimum Gasteiger partial charge on any atom is -0.274 e. The smallest absolute Gasteiger partial charge is 0.247 e. The molecule has 2 aromatic rings. The Labute approximate surface area is 153 Å². The zero-order valence-electron chi connectivity index (χ0n) is 13.4. The Hall–Kier alpha value is -3.18. The molecule has 1 N–H and O–H groups in total. The average molecular weight is 368 g/mol. The van der Waals surface area contributed by atoms with Gasteiger partial charge in [-0.15, -0.1) is 0 Å². The minimum atomic E-state index is -0.712. The van der Waals surface area contributed by atoms with Gasteiger partial charge in [0.05, 0.1) is 11.4 Å². The molecule has 3 rings (SSSR count). The summed E-state index contributed by atoms with van der Waals surface area (Å²) >= 11 is 1.02. The standard InChI is InChI=1S/C18H13FN4O2S/c19-12-6-8-14(9-7-12)23-16(24)10-15(17(23)25)26-18(21-11-20)22-13-4-2-1-3-5-13/h1-9,15H,10H2,(H,21,22)/t15-/m0/s1. The van der Waals surface area contributed by atoms with Crippen LogP contribution in [0.25, 0.3) is 0 Å². The molecule has 0 bridgehead atoms. The van der Waals surface area contributed by atoms with Crippen LogP contribution in [-0.4, -0.2) is 22.2 Å². The maximum absolute atomic E-state index is 13.1. The number of anilines is 1. The third-order valence-corrected chi connectivity index (χ3v) is 4.66. The van der Waals surface area contributed by atoms with E-state index in [1.54, 1.807) is 30.5 Å². The van der Waals surface area contributed by atoms with Crippen molar-refractivity contribution < 1.29 is 14.0 Å². The van der Waals surface area contributed by atoms with Crippen molar-refractivity contribution in [1.82, 2.24) is 5.32 Å².